The summed E-state index contributed by atoms with van der Waals surface area (Å²) in [6.07, 6.45) is 30.6. The van der Waals surface area contributed by atoms with Gasteiger partial charge in [0.05, 0.1) is 63.7 Å². The number of phenolic OH excluding ortho intramolecular Hbond substituents is 1. The number of halogens is 10. The van der Waals surface area contributed by atoms with Crippen LogP contribution in [0, 0.1) is 73.8 Å². The van der Waals surface area contributed by atoms with Crippen LogP contribution in [0.5, 0.6) is 11.5 Å². The molecule has 4 heterocycles. The highest BCUT2D eigenvalue weighted by molar-refractivity contribution is 7.99. The minimum Gasteiger partial charge on any atom is -0.508 e. The second-order valence-corrected chi connectivity index (χ2v) is 38.4. The average Bonchev–Trinajstić information content (AvgIpc) is 1.62. The van der Waals surface area contributed by atoms with Gasteiger partial charge in [-0.05, 0) is 250 Å². The van der Waals surface area contributed by atoms with Crippen molar-refractivity contribution < 1.29 is 77.9 Å². The highest BCUT2D eigenvalue weighted by atomic mass is 35.5. The SMILES string of the molecule is CN1Cc2nc(Cl)cc(Cl)c2C1=O.CSc1cc(C2CCC2)ccc1N.CSc1cc(C2CCC2)ccc1N.CSc1cc(C2CCC2)ccc1Nc1cc(Cl)nc2[nH]n(C)c(=O)c12.CSc1cc(C2CCC2)ccc1[N+](=O)[O-].O=[N+]([O-])c1ccc(C2CCC2)cc1F.O=[N+]([O-])c1ccc(C2CCC2)cc1F.O=[N+]([O-])c1ccc(O)cc1F.O=[N+]([O-])c1ccc(OS(=O)(=O)C(F)(F)F)cc1F. The van der Waals surface area contributed by atoms with Crippen molar-refractivity contribution in [3.8, 4) is 11.5 Å². The van der Waals surface area contributed by atoms with Crippen LogP contribution in [-0.2, 0) is 23.7 Å². The number of carbonyl (C=O) groups is 1. The predicted molar refractivity (Wildman–Crippen MR) is 517 cm³/mol. The predicted octanol–water partition coefficient (Wildman–Crippen LogP) is 26.1. The second kappa shape index (κ2) is 48.5. The van der Waals surface area contributed by atoms with Crippen molar-refractivity contribution in [1.82, 2.24) is 24.6 Å². The molecule has 0 bridgehead atoms. The van der Waals surface area contributed by atoms with E-state index in [4.69, 9.17) is 51.4 Å². The summed E-state index contributed by atoms with van der Waals surface area (Å²) < 4.78 is 114. The lowest BCUT2D eigenvalue weighted by atomic mass is 9.80. The lowest BCUT2D eigenvalue weighted by molar-refractivity contribution is -0.387. The van der Waals surface area contributed by atoms with Crippen LogP contribution in [0.4, 0.5) is 81.9 Å². The van der Waals surface area contributed by atoms with Gasteiger partial charge in [0.25, 0.3) is 17.2 Å². The quantitative estimate of drug-likeness (QED) is 0.00733. The zero-order valence-electron chi connectivity index (χ0n) is 74.0. The third-order valence-corrected chi connectivity index (χ3v) is 28.5. The molecule has 0 spiro atoms. The molecule has 1 aliphatic heterocycles. The third-order valence-electron chi connectivity index (χ3n) is 23.7. The van der Waals surface area contributed by atoms with E-state index < -0.39 is 87.1 Å². The Hall–Kier alpha value is -11.5. The lowest BCUT2D eigenvalue weighted by Gasteiger charge is -2.26. The van der Waals surface area contributed by atoms with E-state index in [0.717, 1.165) is 87.6 Å². The zero-order valence-corrected chi connectivity index (χ0v) is 80.3. The molecule has 6 fully saturated rings. The number of nitrogen functional groups attached to an aromatic ring is 2. The van der Waals surface area contributed by atoms with Crippen molar-refractivity contribution >= 4 is 160 Å². The number of phenols is 1. The van der Waals surface area contributed by atoms with Crippen LogP contribution in [0.1, 0.15) is 201 Å². The normalized spacial score (nSPS) is 14.9. The molecule has 7 aliphatic rings. The molecule has 29 nitrogen and oxygen atoms in total. The first kappa shape index (κ1) is 107. The van der Waals surface area contributed by atoms with E-state index in [1.165, 1.54) is 169 Å². The molecular weight excluding hydrogens is 1940 g/mol. The van der Waals surface area contributed by atoms with Gasteiger partial charge in [0, 0.05) is 82.6 Å². The summed E-state index contributed by atoms with van der Waals surface area (Å²) in [7, 11) is -2.57. The number of H-pyrrole nitrogens is 1. The minimum absolute atomic E-state index is 0.0934. The van der Waals surface area contributed by atoms with Crippen molar-refractivity contribution in [3.05, 3.63) is 302 Å². The monoisotopic (exact) mass is 2040 g/mol. The Morgan fingerprint density at radius 3 is 1.18 bits per heavy atom. The number of aryl methyl sites for hydroxylation is 1. The number of benzene rings is 8. The van der Waals surface area contributed by atoms with Crippen molar-refractivity contribution in [2.75, 3.05) is 48.9 Å². The number of rotatable bonds is 19. The minimum atomic E-state index is -5.94. The van der Waals surface area contributed by atoms with E-state index in [1.54, 1.807) is 78.5 Å². The Morgan fingerprint density at radius 1 is 0.463 bits per heavy atom. The number of anilines is 4. The maximum absolute atomic E-state index is 13.2. The molecule has 44 heteroatoms. The number of hydrogen-bond donors (Lipinski definition) is 5. The van der Waals surface area contributed by atoms with Crippen molar-refractivity contribution in [2.24, 2.45) is 7.05 Å². The number of carbonyl (C=O) groups excluding carboxylic acids is 1. The molecule has 6 saturated carbocycles. The summed E-state index contributed by atoms with van der Waals surface area (Å²) in [5.74, 6) is -1.67. The summed E-state index contributed by atoms with van der Waals surface area (Å²) in [4.78, 5) is 86.1. The number of amides is 1. The standard InChI is InChI=1S/C18H19ClN4OS.C11H13NO2S.2C11H15NS.2C10H10FNO2.C8H6Cl2N2O.C7H3F4NO5S.C6H4FNO3/c1-23-18(24)16-13(9-15(19)21-17(16)22-23)20-12-7-6-11(8-14(12)25-2)10-4-3-5-10;1-15-11-7-9(8-3-2-4-8)5-6-10(11)12(13)14;2*1-13-11-7-9(5-6-10(11)12)8-3-2-4-8;2*11-9-6-8(7-2-1-3-7)4-5-10(9)12(13)14;1-12-3-5-7(8(12)13)4(9)2-6(10)11-5;8-5-3-4(1-2-6(5)12(13)14)17-18(15,16)7(9,10)11;7-5-3-4(9)1-2-6(5)8(10)11/h6-10H,3-5H2,1-2H3,(H2,20,21,22);5-8H,2-4H2,1H3;2*5-8H,2-4,12H2,1H3;2*4-7H,1-3H2;2H,3H2,1H3;1-3H;1-3,9H. The van der Waals surface area contributed by atoms with Gasteiger partial charge in [-0.25, -0.2) is 9.97 Å². The maximum atomic E-state index is 13.2. The number of nitrogens with zero attached hydrogens (tertiary/aromatic N) is 9. The van der Waals surface area contributed by atoms with E-state index in [-0.39, 0.29) is 33.9 Å². The fraction of sp³-hybridized carbons (Fsp3) is 0.348. The van der Waals surface area contributed by atoms with Crippen LogP contribution in [0.2, 0.25) is 15.3 Å². The summed E-state index contributed by atoms with van der Waals surface area (Å²) in [6.45, 7) is 0.481. The summed E-state index contributed by atoms with van der Waals surface area (Å²) in [5, 5.41) is 68.2. The van der Waals surface area contributed by atoms with Gasteiger partial charge in [-0.2, -0.15) is 39.2 Å². The number of aromatic nitrogens is 4. The summed E-state index contributed by atoms with van der Waals surface area (Å²) in [6, 6.07) is 40.4. The molecule has 7 N–H and O–H groups in total. The van der Waals surface area contributed by atoms with Gasteiger partial charge in [-0.15, -0.1) is 47.0 Å². The molecule has 0 radical (unpaired) electrons. The molecule has 6 aliphatic carbocycles. The molecule has 0 atom stereocenters. The number of nitrogens with two attached hydrogens (primary N) is 2. The number of nitro benzene ring substituents is 5. The molecule has 1 amide bonds. The molecule has 18 rings (SSSR count). The number of alkyl halides is 3. The van der Waals surface area contributed by atoms with Gasteiger partial charge in [0.15, 0.2) is 5.65 Å². The highest BCUT2D eigenvalue weighted by Gasteiger charge is 2.49. The highest BCUT2D eigenvalue weighted by Crippen LogP contribution is 2.46. The Kier molecular flexibility index (Phi) is 38.0. The third kappa shape index (κ3) is 27.9. The van der Waals surface area contributed by atoms with E-state index >= 15 is 0 Å². The lowest BCUT2D eigenvalue weighted by Crippen LogP contribution is -2.28. The van der Waals surface area contributed by atoms with Gasteiger partial charge in [-0.1, -0.05) is 110 Å². The number of hydrogen-bond acceptors (Lipinski definition) is 25. The first-order valence-corrected chi connectivity index (χ1v) is 49.9. The topological polar surface area (TPSA) is 427 Å². The van der Waals surface area contributed by atoms with Crippen LogP contribution >= 0.6 is 81.9 Å². The number of nitrogens with one attached hydrogen (secondary N) is 2. The molecule has 3 aromatic heterocycles. The van der Waals surface area contributed by atoms with Gasteiger partial charge in [0.1, 0.15) is 27.2 Å². The smallest absolute Gasteiger partial charge is 0.508 e. The summed E-state index contributed by atoms with van der Waals surface area (Å²) in [5.41, 5.74) is 16.1. The van der Waals surface area contributed by atoms with Gasteiger partial charge in [0.2, 0.25) is 23.3 Å². The number of thioether (sulfide) groups is 4. The van der Waals surface area contributed by atoms with Crippen molar-refractivity contribution in [1.29, 1.82) is 0 Å². The Balaban J connectivity index is 0.000000160. The Bertz CT molecular complexity index is 6260. The molecule has 724 valence electrons. The van der Waals surface area contributed by atoms with Crippen molar-refractivity contribution in [3.63, 3.8) is 0 Å². The molecule has 8 aromatic carbocycles. The molecule has 136 heavy (non-hydrogen) atoms. The molecule has 0 unspecified atom stereocenters. The zero-order chi connectivity index (χ0) is 99.3. The van der Waals surface area contributed by atoms with Gasteiger partial charge >= 0.3 is 38.4 Å². The fourth-order valence-electron chi connectivity index (χ4n) is 14.7. The number of pyridine rings is 2. The van der Waals surface area contributed by atoms with Crippen LogP contribution in [-0.4, -0.2) is 106 Å². The first-order valence-electron chi connectivity index (χ1n) is 42.5. The van der Waals surface area contributed by atoms with Gasteiger partial charge in [-0.3, -0.25) is 69.9 Å². The first-order chi connectivity index (χ1) is 64.5. The van der Waals surface area contributed by atoms with Gasteiger partial charge < -0.3 is 31.0 Å². The van der Waals surface area contributed by atoms with Crippen LogP contribution in [0.25, 0.3) is 11.0 Å². The number of aromatic hydroxyl groups is 1. The van der Waals surface area contributed by atoms with E-state index in [0.29, 0.717) is 91.7 Å². The summed E-state index contributed by atoms with van der Waals surface area (Å²) >= 11 is 24.3. The largest absolute Gasteiger partial charge is 0.534 e. The van der Waals surface area contributed by atoms with Crippen LogP contribution in [0.3, 0.4) is 0 Å². The van der Waals surface area contributed by atoms with Crippen LogP contribution < -0.4 is 26.5 Å². The average molecular weight is 2040 g/mol. The number of nitro groups is 5. The Labute approximate surface area is 809 Å². The number of aromatic amines is 1. The van der Waals surface area contributed by atoms with Crippen molar-refractivity contribution in [2.45, 2.75) is 183 Å². The molecular formula is C92H95Cl3F7N13O16S5. The Morgan fingerprint density at radius 2 is 0.809 bits per heavy atom. The van der Waals surface area contributed by atoms with E-state index in [1.807, 2.05) is 30.5 Å². The van der Waals surface area contributed by atoms with Crippen LogP contribution in [0.15, 0.2) is 182 Å². The van der Waals surface area contributed by atoms with E-state index in [2.05, 4.69) is 85.8 Å². The number of fused-ring (bicyclic) bond motifs is 2. The fourth-order valence-corrected chi connectivity index (χ4v) is 18.2. The molecule has 0 saturated heterocycles. The van der Waals surface area contributed by atoms with E-state index in [9.17, 15) is 99.3 Å². The maximum Gasteiger partial charge on any atom is 0.534 e. The molecule has 11 aromatic rings. The second-order valence-electron chi connectivity index (χ2n) is 32.3.